The highest BCUT2D eigenvalue weighted by Crippen LogP contribution is 2.29. The molecule has 242 valence electrons. The molecule has 0 bridgehead atoms. The molecule has 0 radical (unpaired) electrons. The Morgan fingerprint density at radius 2 is 1.57 bits per heavy atom. The first-order valence-electron chi connectivity index (χ1n) is 14.1. The zero-order valence-corrected chi connectivity index (χ0v) is 27.5. The third kappa shape index (κ3) is 9.54. The summed E-state index contributed by atoms with van der Waals surface area (Å²) in [7, 11) is 0. The van der Waals surface area contributed by atoms with Crippen LogP contribution in [0.5, 0.6) is 0 Å². The molecular weight excluding hydrogens is 633 g/mol. The van der Waals surface area contributed by atoms with Crippen LogP contribution in [0.15, 0.2) is 82.6 Å². The van der Waals surface area contributed by atoms with Crippen molar-refractivity contribution in [3.05, 3.63) is 122 Å². The fourth-order valence-electron chi connectivity index (χ4n) is 4.79. The molecule has 3 N–H and O–H groups in total. The van der Waals surface area contributed by atoms with Gasteiger partial charge in [-0.15, -0.1) is 23.5 Å². The van der Waals surface area contributed by atoms with Crippen molar-refractivity contribution in [2.75, 3.05) is 29.7 Å². The summed E-state index contributed by atoms with van der Waals surface area (Å²) < 4.78 is 26.9. The summed E-state index contributed by atoms with van der Waals surface area (Å²) in [4.78, 5) is 36.7. The fraction of sp³-hybridized carbons (Fsp3) is 0.235. The van der Waals surface area contributed by atoms with E-state index in [1.54, 1.807) is 34.5 Å². The third-order valence-electron chi connectivity index (χ3n) is 7.20. The maximum Gasteiger partial charge on any atom is 0.308 e. The van der Waals surface area contributed by atoms with Crippen LogP contribution in [0.2, 0.25) is 0 Å². The van der Waals surface area contributed by atoms with Crippen LogP contribution in [0.25, 0.3) is 0 Å². The molecule has 46 heavy (non-hydrogen) atoms. The number of nitrogens with two attached hydrogens (primary N) is 1. The van der Waals surface area contributed by atoms with Gasteiger partial charge >= 0.3 is 5.97 Å². The van der Waals surface area contributed by atoms with Crippen LogP contribution in [0, 0.1) is 35.6 Å². The molecule has 0 unspecified atom stereocenters. The zero-order chi connectivity index (χ0) is 34.0. The van der Waals surface area contributed by atoms with Gasteiger partial charge in [-0.25, -0.2) is 8.78 Å². The summed E-state index contributed by atoms with van der Waals surface area (Å²) in [5.74, 6) is -2.36. The lowest BCUT2D eigenvalue weighted by Crippen LogP contribution is -2.32. The molecule has 0 aromatic heterocycles. The summed E-state index contributed by atoms with van der Waals surface area (Å²) >= 11 is 3.40. The third-order valence-corrected chi connectivity index (χ3v) is 8.96. The number of nitro benzene ring substituents is 1. The summed E-state index contributed by atoms with van der Waals surface area (Å²) in [6.45, 7) is 4.67. The van der Waals surface area contributed by atoms with Crippen molar-refractivity contribution >= 4 is 52.5 Å². The first-order chi connectivity index (χ1) is 21.9. The molecule has 0 atom stereocenters. The van der Waals surface area contributed by atoms with Gasteiger partial charge in [-0.3, -0.25) is 19.7 Å². The lowest BCUT2D eigenvalue weighted by atomic mass is 10.0. The molecule has 1 heterocycles. The van der Waals surface area contributed by atoms with Crippen molar-refractivity contribution < 1.29 is 28.4 Å². The van der Waals surface area contributed by atoms with Crippen molar-refractivity contribution in [1.29, 1.82) is 0 Å². The lowest BCUT2D eigenvalue weighted by Gasteiger charge is -2.21. The number of benzene rings is 4. The molecule has 1 amide bonds. The average Bonchev–Trinajstić information content (AvgIpc) is 3.19. The van der Waals surface area contributed by atoms with Gasteiger partial charge < -0.3 is 15.7 Å². The van der Waals surface area contributed by atoms with E-state index in [1.165, 1.54) is 33.1 Å². The molecule has 0 spiro atoms. The average molecular weight is 668 g/mol. The van der Waals surface area contributed by atoms with Gasteiger partial charge in [0, 0.05) is 33.8 Å². The second-order valence-electron chi connectivity index (χ2n) is 10.3. The number of aliphatic carboxylic acids is 1. The van der Waals surface area contributed by atoms with Crippen LogP contribution in [0.1, 0.15) is 27.8 Å². The minimum atomic E-state index is -1.31. The van der Waals surface area contributed by atoms with E-state index in [0.29, 0.717) is 18.5 Å². The Hall–Kier alpha value is -4.42. The van der Waals surface area contributed by atoms with Crippen LogP contribution in [-0.2, 0) is 28.9 Å². The number of nitro groups is 1. The van der Waals surface area contributed by atoms with E-state index in [0.717, 1.165) is 29.1 Å². The largest absolute Gasteiger partial charge is 0.481 e. The highest BCUT2D eigenvalue weighted by Gasteiger charge is 2.24. The van der Waals surface area contributed by atoms with Crippen molar-refractivity contribution in [3.8, 4) is 0 Å². The number of rotatable bonds is 6. The molecule has 8 nitrogen and oxygen atoms in total. The first-order valence-corrected chi connectivity index (χ1v) is 16.6. The van der Waals surface area contributed by atoms with Crippen LogP contribution >= 0.6 is 23.5 Å². The molecule has 1 aliphatic rings. The van der Waals surface area contributed by atoms with E-state index in [9.17, 15) is 28.5 Å². The van der Waals surface area contributed by atoms with Crippen molar-refractivity contribution in [2.45, 2.75) is 42.9 Å². The summed E-state index contributed by atoms with van der Waals surface area (Å²) in [5, 5.41) is 18.8. The standard InChI is InChI=1S/C18H18FNOS.C8H6FNO4.C8H11NS/c1-12-6-7-14(11-17(12)22-2)20-9-8-15-13(10-18(20)21)4-3-5-16(15)19;9-6-2-1-3-7(10(13)14)5(6)4-8(11)12;1-6-3-4-7(9)5-8(6)10-2/h3-7,11H,8-10H2,1-2H3;1-3H,4H2,(H,11,12);3-5H,9H2,1-2H3. The molecule has 4 aromatic rings. The number of halogens is 2. The van der Waals surface area contributed by atoms with Crippen LogP contribution < -0.4 is 10.6 Å². The quantitative estimate of drug-likeness (QED) is 0.0930. The second kappa shape index (κ2) is 16.8. The van der Waals surface area contributed by atoms with E-state index in [-0.39, 0.29) is 18.1 Å². The number of anilines is 2. The number of thioether (sulfide) groups is 2. The van der Waals surface area contributed by atoms with E-state index in [4.69, 9.17) is 10.8 Å². The van der Waals surface area contributed by atoms with Gasteiger partial charge in [0.25, 0.3) is 5.69 Å². The van der Waals surface area contributed by atoms with Gasteiger partial charge in [0.05, 0.1) is 23.3 Å². The molecule has 5 rings (SSSR count). The zero-order valence-electron chi connectivity index (χ0n) is 25.9. The number of nitrogen functional groups attached to an aromatic ring is 1. The Morgan fingerprint density at radius 1 is 0.957 bits per heavy atom. The molecule has 0 fully saturated rings. The molecule has 1 aliphatic heterocycles. The number of carboxylic acids is 1. The number of carbonyl (C=O) groups excluding carboxylic acids is 1. The maximum absolute atomic E-state index is 13.9. The van der Waals surface area contributed by atoms with Crippen molar-refractivity contribution in [2.24, 2.45) is 0 Å². The van der Waals surface area contributed by atoms with E-state index >= 15 is 0 Å². The van der Waals surface area contributed by atoms with Gasteiger partial charge in [-0.1, -0.05) is 30.3 Å². The molecule has 12 heteroatoms. The fourth-order valence-corrected chi connectivity index (χ4v) is 6.06. The van der Waals surface area contributed by atoms with Crippen LogP contribution in [-0.4, -0.2) is 41.0 Å². The maximum atomic E-state index is 13.9. The van der Waals surface area contributed by atoms with Crippen molar-refractivity contribution in [1.82, 2.24) is 0 Å². The Balaban J connectivity index is 0.000000206. The lowest BCUT2D eigenvalue weighted by molar-refractivity contribution is -0.385. The number of nitrogens with zero attached hydrogens (tertiary/aromatic N) is 2. The van der Waals surface area contributed by atoms with E-state index in [2.05, 4.69) is 20.1 Å². The van der Waals surface area contributed by atoms with Crippen LogP contribution in [0.4, 0.5) is 25.8 Å². The Kier molecular flexibility index (Phi) is 13.1. The predicted molar refractivity (Wildman–Crippen MR) is 181 cm³/mol. The SMILES string of the molecule is CSc1cc(N)ccc1C.CSc1cc(N2CCc3c(F)cccc3CC2=O)ccc1C.O=C(O)Cc1c(F)cccc1[N+](=O)[O-]. The monoisotopic (exact) mass is 667 g/mol. The van der Waals surface area contributed by atoms with Crippen molar-refractivity contribution in [3.63, 3.8) is 0 Å². The number of hydrogen-bond acceptors (Lipinski definition) is 7. The molecular formula is C34H35F2N3O5S2. The first kappa shape index (κ1) is 36.1. The topological polar surface area (TPSA) is 127 Å². The normalized spacial score (nSPS) is 12.1. The minimum absolute atomic E-state index is 0.0280. The van der Waals surface area contributed by atoms with Gasteiger partial charge in [0.2, 0.25) is 5.91 Å². The van der Waals surface area contributed by atoms with Gasteiger partial charge in [-0.2, -0.15) is 0 Å². The summed E-state index contributed by atoms with van der Waals surface area (Å²) in [6, 6.07) is 20.2. The summed E-state index contributed by atoms with van der Waals surface area (Å²) in [6.07, 6.45) is 4.21. The van der Waals surface area contributed by atoms with E-state index < -0.39 is 34.4 Å². The van der Waals surface area contributed by atoms with Gasteiger partial charge in [-0.05, 0) is 91.4 Å². The second-order valence-corrected chi connectivity index (χ2v) is 12.0. The smallest absolute Gasteiger partial charge is 0.308 e. The molecule has 0 saturated carbocycles. The number of hydrogen-bond donors (Lipinski definition) is 2. The summed E-state index contributed by atoms with van der Waals surface area (Å²) in [5.41, 5.74) is 10.4. The Morgan fingerprint density at radius 3 is 2.17 bits per heavy atom. The molecule has 4 aromatic carbocycles. The molecule has 0 aliphatic carbocycles. The van der Waals surface area contributed by atoms with Crippen LogP contribution in [0.3, 0.4) is 0 Å². The number of carbonyl (C=O) groups is 2. The number of aryl methyl sites for hydroxylation is 2. The number of amides is 1. The number of carboxylic acid groups (broad SMARTS) is 1. The predicted octanol–water partition coefficient (Wildman–Crippen LogP) is 7.65. The Labute approximate surface area is 275 Å². The highest BCUT2D eigenvalue weighted by atomic mass is 32.2. The highest BCUT2D eigenvalue weighted by molar-refractivity contribution is 7.98. The molecule has 0 saturated heterocycles. The minimum Gasteiger partial charge on any atom is -0.481 e. The van der Waals surface area contributed by atoms with Gasteiger partial charge in [0.1, 0.15) is 11.6 Å². The van der Waals surface area contributed by atoms with Gasteiger partial charge in [0.15, 0.2) is 0 Å². The number of fused-ring (bicyclic) bond motifs is 1. The Bertz CT molecular complexity index is 1740. The van der Waals surface area contributed by atoms with E-state index in [1.807, 2.05) is 48.7 Å².